The highest BCUT2D eigenvalue weighted by atomic mass is 31.3. The van der Waals surface area contributed by atoms with Crippen molar-refractivity contribution in [2.45, 2.75) is 0 Å². The van der Waals surface area contributed by atoms with E-state index in [0.29, 0.717) is 31.8 Å². The van der Waals surface area contributed by atoms with Gasteiger partial charge in [0.1, 0.15) is 0 Å². The van der Waals surface area contributed by atoms with Gasteiger partial charge in [-0.15, -0.1) is 0 Å². The number of benzene rings is 6. The average Bonchev–Trinajstić information content (AvgIpc) is 3.10. The Balaban J connectivity index is 1.86. The molecule has 0 spiro atoms. The van der Waals surface area contributed by atoms with Crippen LogP contribution >= 0.6 is 21.4 Å². The molecule has 0 fully saturated rings. The molecule has 43 heavy (non-hydrogen) atoms. The second-order valence-corrected chi connectivity index (χ2v) is 19.3. The fourth-order valence-electron chi connectivity index (χ4n) is 5.56. The fourth-order valence-corrected chi connectivity index (χ4v) is 20.3. The lowest BCUT2D eigenvalue weighted by Gasteiger charge is -2.51. The molecule has 0 saturated heterocycles. The number of hydrogen-bond acceptors (Lipinski definition) is 3. The van der Waals surface area contributed by atoms with Gasteiger partial charge in [0.05, 0.1) is 0 Å². The minimum atomic E-state index is -4.05. The summed E-state index contributed by atoms with van der Waals surface area (Å²) < 4.78 is 49.6. The molecule has 0 aliphatic carbocycles. The van der Waals surface area contributed by atoms with Gasteiger partial charge in [-0.1, -0.05) is 187 Å². The molecule has 0 aliphatic heterocycles. The second-order valence-electron chi connectivity index (χ2n) is 10.1. The van der Waals surface area contributed by atoms with Crippen LogP contribution in [0, 0.1) is 5.14 Å². The van der Waals surface area contributed by atoms with Gasteiger partial charge in [-0.3, -0.25) is 0 Å². The van der Waals surface area contributed by atoms with Gasteiger partial charge in [-0.05, 0) is 31.8 Å². The Hall–Kier alpha value is -3.99. The zero-order valence-electron chi connectivity index (χ0n) is 23.4. The molecule has 3 nitrogen and oxygen atoms in total. The summed E-state index contributed by atoms with van der Waals surface area (Å²) in [6.45, 7) is 0. The Morgan fingerprint density at radius 1 is 0.256 bits per heavy atom. The SMILES string of the molecule is O=P(c1ccccc1)(c1ccccc1)[C-](P(=O)(c1ccccc1)c1ccccc1)P(=O)(c1ccccc1)c1ccccc1. The summed E-state index contributed by atoms with van der Waals surface area (Å²) in [5.41, 5.74) is 0. The minimum Gasteiger partial charge on any atom is -0.347 e. The minimum absolute atomic E-state index is 0.0692. The first-order valence-electron chi connectivity index (χ1n) is 14.0. The molecule has 0 atom stereocenters. The van der Waals surface area contributed by atoms with Gasteiger partial charge in [0.15, 0.2) is 0 Å². The van der Waals surface area contributed by atoms with Gasteiger partial charge in [-0.2, -0.15) is 0 Å². The maximum absolute atomic E-state index is 16.5. The molecular weight excluding hydrogens is 585 g/mol. The second kappa shape index (κ2) is 12.3. The monoisotopic (exact) mass is 615 g/mol. The predicted octanol–water partition coefficient (Wildman–Crippen LogP) is 7.48. The van der Waals surface area contributed by atoms with E-state index in [4.69, 9.17) is 0 Å². The van der Waals surface area contributed by atoms with Gasteiger partial charge in [-0.25, -0.2) is 0 Å². The van der Waals surface area contributed by atoms with E-state index in [1.54, 1.807) is 72.8 Å². The van der Waals surface area contributed by atoms with Crippen LogP contribution in [-0.4, -0.2) is 0 Å². The maximum atomic E-state index is 16.5. The van der Waals surface area contributed by atoms with E-state index in [2.05, 4.69) is 0 Å². The lowest BCUT2D eigenvalue weighted by Crippen LogP contribution is -2.33. The fraction of sp³-hybridized carbons (Fsp3) is 0. The van der Waals surface area contributed by atoms with Crippen LogP contribution < -0.4 is 31.8 Å². The largest absolute Gasteiger partial charge is 0.347 e. The molecule has 0 aromatic heterocycles. The van der Waals surface area contributed by atoms with Gasteiger partial charge in [0.2, 0.25) is 0 Å². The Morgan fingerprint density at radius 2 is 0.395 bits per heavy atom. The first-order valence-corrected chi connectivity index (χ1v) is 19.1. The summed E-state index contributed by atoms with van der Waals surface area (Å²) in [5.74, 6) is 0. The Bertz CT molecular complexity index is 1570. The van der Waals surface area contributed by atoms with Crippen molar-refractivity contribution in [1.82, 2.24) is 0 Å². The van der Waals surface area contributed by atoms with Crippen molar-refractivity contribution in [3.63, 3.8) is 0 Å². The molecule has 0 heterocycles. The van der Waals surface area contributed by atoms with Crippen molar-refractivity contribution in [3.8, 4) is 0 Å². The van der Waals surface area contributed by atoms with Crippen molar-refractivity contribution < 1.29 is 13.7 Å². The lowest BCUT2D eigenvalue weighted by atomic mass is 10.4. The van der Waals surface area contributed by atoms with Crippen LogP contribution in [0.4, 0.5) is 0 Å². The van der Waals surface area contributed by atoms with Crippen molar-refractivity contribution in [2.75, 3.05) is 0 Å². The standard InChI is InChI=1S/C37H30O3P3/c38-41(31-19-7-1-8-20-31,32-21-9-2-10-22-32)37(42(39,33-23-11-3-12-24-33)34-25-13-4-14-26-34)43(40,35-27-15-5-16-28-35)36-29-17-6-18-30-36/h1-30H/q-1. The Kier molecular flexibility index (Phi) is 8.34. The van der Waals surface area contributed by atoms with Crippen molar-refractivity contribution >= 4 is 53.3 Å². The van der Waals surface area contributed by atoms with E-state index >= 15 is 13.7 Å². The van der Waals surface area contributed by atoms with Crippen LogP contribution in [0.15, 0.2) is 182 Å². The molecule has 0 unspecified atom stereocenters. The summed E-state index contributed by atoms with van der Waals surface area (Å²) >= 11 is 0. The van der Waals surface area contributed by atoms with Crippen LogP contribution in [-0.2, 0) is 13.7 Å². The predicted molar refractivity (Wildman–Crippen MR) is 183 cm³/mol. The van der Waals surface area contributed by atoms with Crippen LogP contribution in [0.5, 0.6) is 0 Å². The third-order valence-electron chi connectivity index (χ3n) is 7.56. The van der Waals surface area contributed by atoms with Crippen LogP contribution in [0.2, 0.25) is 0 Å². The quantitative estimate of drug-likeness (QED) is 0.125. The Labute approximate surface area is 253 Å². The van der Waals surface area contributed by atoms with E-state index < -0.39 is 21.4 Å². The molecule has 0 bridgehead atoms. The molecule has 0 aliphatic rings. The van der Waals surface area contributed by atoms with E-state index in [1.165, 1.54) is 0 Å². The highest BCUT2D eigenvalue weighted by Gasteiger charge is 2.48. The molecule has 0 N–H and O–H groups in total. The normalized spacial score (nSPS) is 12.2. The molecule has 0 saturated carbocycles. The van der Waals surface area contributed by atoms with E-state index in [9.17, 15) is 0 Å². The van der Waals surface area contributed by atoms with Gasteiger partial charge < -0.3 is 13.7 Å². The summed E-state index contributed by atoms with van der Waals surface area (Å²) in [5, 5.41) is 2.96. The molecule has 6 aromatic carbocycles. The topological polar surface area (TPSA) is 51.2 Å². The number of hydrogen-bond donors (Lipinski definition) is 0. The van der Waals surface area contributed by atoms with Gasteiger partial charge in [0, 0.05) is 21.4 Å². The van der Waals surface area contributed by atoms with Crippen LogP contribution in [0.1, 0.15) is 0 Å². The number of rotatable bonds is 9. The smallest absolute Gasteiger partial charge is 0.0277 e. The van der Waals surface area contributed by atoms with E-state index in [-0.39, 0.29) is 5.14 Å². The third-order valence-corrected chi connectivity index (χ3v) is 20.5. The molecule has 0 radical (unpaired) electrons. The van der Waals surface area contributed by atoms with Crippen LogP contribution in [0.3, 0.4) is 0 Å². The zero-order chi connectivity index (χ0) is 29.8. The summed E-state index contributed by atoms with van der Waals surface area (Å²) in [4.78, 5) is 0. The first kappa shape index (κ1) is 29.1. The molecule has 6 heteroatoms. The molecular formula is C37H30O3P3-. The van der Waals surface area contributed by atoms with Gasteiger partial charge >= 0.3 is 0 Å². The van der Waals surface area contributed by atoms with Crippen molar-refractivity contribution in [3.05, 3.63) is 187 Å². The molecule has 212 valence electrons. The zero-order valence-corrected chi connectivity index (χ0v) is 26.1. The van der Waals surface area contributed by atoms with Crippen molar-refractivity contribution in [1.29, 1.82) is 0 Å². The van der Waals surface area contributed by atoms with Gasteiger partial charge in [0.25, 0.3) is 0 Å². The average molecular weight is 616 g/mol. The highest BCUT2D eigenvalue weighted by molar-refractivity contribution is 8.13. The molecule has 6 rings (SSSR count). The summed E-state index contributed by atoms with van der Waals surface area (Å²) in [7, 11) is -12.1. The summed E-state index contributed by atoms with van der Waals surface area (Å²) in [6, 6.07) is 54.7. The Morgan fingerprint density at radius 3 is 0.535 bits per heavy atom. The lowest BCUT2D eigenvalue weighted by molar-refractivity contribution is 0.578. The van der Waals surface area contributed by atoms with Crippen molar-refractivity contribution in [2.24, 2.45) is 0 Å². The maximum Gasteiger partial charge on any atom is 0.0277 e. The first-order chi connectivity index (χ1) is 21.0. The third kappa shape index (κ3) is 5.13. The highest BCUT2D eigenvalue weighted by Crippen LogP contribution is 2.84. The molecule has 0 amide bonds. The molecule has 6 aromatic rings. The summed E-state index contributed by atoms with van der Waals surface area (Å²) in [6.07, 6.45) is 0. The van der Waals surface area contributed by atoms with E-state index in [0.717, 1.165) is 0 Å². The van der Waals surface area contributed by atoms with E-state index in [1.807, 2.05) is 109 Å². The van der Waals surface area contributed by atoms with Crippen LogP contribution in [0.25, 0.3) is 0 Å².